The minimum Gasteiger partial charge on any atom is -0.490 e. The lowest BCUT2D eigenvalue weighted by Gasteiger charge is -2.36. The van der Waals surface area contributed by atoms with Crippen LogP contribution in [0, 0.1) is 5.92 Å². The van der Waals surface area contributed by atoms with E-state index in [1.54, 1.807) is 35.9 Å². The van der Waals surface area contributed by atoms with E-state index in [0.29, 0.717) is 30.3 Å². The van der Waals surface area contributed by atoms with Gasteiger partial charge in [0.15, 0.2) is 0 Å². The maximum atomic E-state index is 14.4. The Labute approximate surface area is 290 Å². The summed E-state index contributed by atoms with van der Waals surface area (Å²) in [5, 5.41) is 13.8. The summed E-state index contributed by atoms with van der Waals surface area (Å²) in [6.07, 6.45) is 7.14. The first-order chi connectivity index (χ1) is 22.9. The van der Waals surface area contributed by atoms with Crippen LogP contribution in [0.2, 0.25) is 5.02 Å². The summed E-state index contributed by atoms with van der Waals surface area (Å²) in [5.41, 5.74) is 0.357. The fourth-order valence-electron chi connectivity index (χ4n) is 6.16. The molecule has 3 N–H and O–H groups in total. The Morgan fingerprint density at radius 3 is 2.44 bits per heavy atom. The van der Waals surface area contributed by atoms with Crippen molar-refractivity contribution in [2.24, 2.45) is 5.92 Å². The SMILES string of the molecule is C[C@@H]1CCCCO[C@@H](CN(C)C(=O)NC2CCCCC2)[C@@H](C)CN([C@H](C)CO)C(=O)c2cc(NS(=O)(=O)c3ccc(Cl)cc3)ccc2O1. The smallest absolute Gasteiger partial charge is 0.317 e. The molecule has 4 rings (SSSR count). The van der Waals surface area contributed by atoms with Crippen LogP contribution in [-0.2, 0) is 14.8 Å². The number of urea groups is 1. The van der Waals surface area contributed by atoms with Crippen LogP contribution >= 0.6 is 11.6 Å². The molecule has 266 valence electrons. The van der Waals surface area contributed by atoms with E-state index in [1.165, 1.54) is 36.8 Å². The zero-order valence-corrected chi connectivity index (χ0v) is 30.1. The zero-order chi connectivity index (χ0) is 34.8. The number of rotatable bonds is 8. The van der Waals surface area contributed by atoms with Crippen molar-refractivity contribution in [2.45, 2.75) is 101 Å². The second-order valence-corrected chi connectivity index (χ2v) is 15.4. The van der Waals surface area contributed by atoms with Gasteiger partial charge in [-0.15, -0.1) is 0 Å². The summed E-state index contributed by atoms with van der Waals surface area (Å²) >= 11 is 5.95. The highest BCUT2D eigenvalue weighted by atomic mass is 35.5. The molecule has 48 heavy (non-hydrogen) atoms. The van der Waals surface area contributed by atoms with Gasteiger partial charge in [0, 0.05) is 49.4 Å². The number of anilines is 1. The van der Waals surface area contributed by atoms with Gasteiger partial charge in [0.2, 0.25) is 0 Å². The van der Waals surface area contributed by atoms with Gasteiger partial charge in [-0.1, -0.05) is 37.8 Å². The number of halogens is 1. The number of nitrogens with one attached hydrogen (secondary N) is 2. The quantitative estimate of drug-likeness (QED) is 0.310. The van der Waals surface area contributed by atoms with Crippen molar-refractivity contribution in [2.75, 3.05) is 38.1 Å². The highest BCUT2D eigenvalue weighted by Crippen LogP contribution is 2.30. The second-order valence-electron chi connectivity index (χ2n) is 13.2. The summed E-state index contributed by atoms with van der Waals surface area (Å²) in [5.74, 6) is -0.309. The van der Waals surface area contributed by atoms with Gasteiger partial charge >= 0.3 is 6.03 Å². The van der Waals surface area contributed by atoms with E-state index >= 15 is 0 Å². The van der Waals surface area contributed by atoms with E-state index in [9.17, 15) is 23.1 Å². The van der Waals surface area contributed by atoms with E-state index < -0.39 is 22.0 Å². The number of sulfonamides is 1. The molecule has 0 aromatic heterocycles. The van der Waals surface area contributed by atoms with Crippen LogP contribution in [0.5, 0.6) is 5.75 Å². The van der Waals surface area contributed by atoms with Gasteiger partial charge in [-0.2, -0.15) is 0 Å². The Morgan fingerprint density at radius 1 is 1.06 bits per heavy atom. The molecule has 2 aromatic rings. The maximum absolute atomic E-state index is 14.4. The molecular weight excluding hydrogens is 656 g/mol. The number of carbonyl (C=O) groups is 2. The fraction of sp³-hybridized carbons (Fsp3) is 0.600. The van der Waals surface area contributed by atoms with Crippen LogP contribution in [0.1, 0.15) is 82.5 Å². The summed E-state index contributed by atoms with van der Waals surface area (Å²) in [7, 11) is -2.22. The van der Waals surface area contributed by atoms with E-state index in [0.717, 1.165) is 38.5 Å². The molecule has 0 spiro atoms. The highest BCUT2D eigenvalue weighted by molar-refractivity contribution is 7.92. The molecule has 0 unspecified atom stereocenters. The number of amides is 3. The molecule has 1 fully saturated rings. The topological polar surface area (TPSA) is 138 Å². The molecule has 1 heterocycles. The van der Waals surface area contributed by atoms with E-state index in [2.05, 4.69) is 10.0 Å². The minimum atomic E-state index is -3.98. The van der Waals surface area contributed by atoms with Crippen molar-refractivity contribution in [3.63, 3.8) is 0 Å². The van der Waals surface area contributed by atoms with Crippen molar-refractivity contribution in [3.8, 4) is 5.75 Å². The summed E-state index contributed by atoms with van der Waals surface area (Å²) in [6, 6.07) is 9.91. The Morgan fingerprint density at radius 2 is 1.75 bits per heavy atom. The van der Waals surface area contributed by atoms with E-state index in [4.69, 9.17) is 21.1 Å². The predicted molar refractivity (Wildman–Crippen MR) is 187 cm³/mol. The molecule has 1 aliphatic carbocycles. The standard InChI is InChI=1S/C35H51ClN4O7S/c1-24-21-40(25(2)23-41)34(42)31-20-29(38-48(44,45)30-16-13-27(36)14-17-30)15-18-32(31)47-26(3)10-8-9-19-46-33(24)22-39(4)35(43)37-28-11-6-5-7-12-28/h13-18,20,24-26,28,33,38,41H,5-12,19,21-23H2,1-4H3,(H,37,43)/t24-,25+,26+,33-/m0/s1. The number of hydrogen-bond donors (Lipinski definition) is 3. The van der Waals surface area contributed by atoms with Crippen molar-refractivity contribution >= 4 is 39.2 Å². The Bertz CT molecular complexity index is 1470. The number of benzene rings is 2. The maximum Gasteiger partial charge on any atom is 0.317 e. The number of aliphatic hydroxyl groups is 1. The molecule has 0 saturated heterocycles. The molecule has 13 heteroatoms. The van der Waals surface area contributed by atoms with Gasteiger partial charge < -0.3 is 29.7 Å². The van der Waals surface area contributed by atoms with Crippen LogP contribution < -0.4 is 14.8 Å². The molecule has 0 bridgehead atoms. The van der Waals surface area contributed by atoms with Crippen LogP contribution in [-0.4, -0.2) is 92.9 Å². The minimum absolute atomic E-state index is 0.0240. The number of aliphatic hydroxyl groups excluding tert-OH is 1. The van der Waals surface area contributed by atoms with Crippen LogP contribution in [0.4, 0.5) is 10.5 Å². The fourth-order valence-corrected chi connectivity index (χ4v) is 7.34. The number of nitrogens with zero attached hydrogens (tertiary/aromatic N) is 2. The normalized spacial score (nSPS) is 22.5. The van der Waals surface area contributed by atoms with Crippen LogP contribution in [0.3, 0.4) is 0 Å². The lowest BCUT2D eigenvalue weighted by molar-refractivity contribution is -0.0123. The van der Waals surface area contributed by atoms with Gasteiger partial charge in [-0.3, -0.25) is 9.52 Å². The third kappa shape index (κ3) is 10.5. The summed E-state index contributed by atoms with van der Waals surface area (Å²) < 4.78 is 41.6. The number of carbonyl (C=O) groups excluding carboxylic acids is 2. The Balaban J connectivity index is 1.61. The second kappa shape index (κ2) is 17.6. The van der Waals surface area contributed by atoms with Crippen molar-refractivity contribution < 1.29 is 32.6 Å². The largest absolute Gasteiger partial charge is 0.490 e. The number of likely N-dealkylation sites (N-methyl/N-ethyl adjacent to an activating group) is 1. The van der Waals surface area contributed by atoms with Crippen LogP contribution in [0.25, 0.3) is 0 Å². The summed E-state index contributed by atoms with van der Waals surface area (Å²) in [4.78, 5) is 30.7. The third-order valence-electron chi connectivity index (χ3n) is 9.16. The molecule has 2 aliphatic rings. The van der Waals surface area contributed by atoms with E-state index in [-0.39, 0.29) is 59.5 Å². The average Bonchev–Trinajstić information content (AvgIpc) is 3.06. The van der Waals surface area contributed by atoms with Gasteiger partial charge in [0.1, 0.15) is 5.75 Å². The average molecular weight is 707 g/mol. The third-order valence-corrected chi connectivity index (χ3v) is 10.8. The Kier molecular flexibility index (Phi) is 13.8. The number of fused-ring (bicyclic) bond motifs is 1. The summed E-state index contributed by atoms with van der Waals surface area (Å²) in [6.45, 7) is 6.42. The van der Waals surface area contributed by atoms with E-state index in [1.807, 2.05) is 13.8 Å². The van der Waals surface area contributed by atoms with Gasteiger partial charge in [0.05, 0.1) is 35.3 Å². The monoisotopic (exact) mass is 706 g/mol. The molecule has 4 atom stereocenters. The highest BCUT2D eigenvalue weighted by Gasteiger charge is 2.31. The predicted octanol–water partition coefficient (Wildman–Crippen LogP) is 5.91. The molecule has 3 amide bonds. The zero-order valence-electron chi connectivity index (χ0n) is 28.5. The van der Waals surface area contributed by atoms with Gasteiger partial charge in [-0.05, 0) is 88.4 Å². The first kappa shape index (κ1) is 37.8. The molecule has 11 nitrogen and oxygen atoms in total. The number of ether oxygens (including phenoxy) is 2. The lowest BCUT2D eigenvalue weighted by Crippen LogP contribution is -2.50. The molecule has 1 saturated carbocycles. The molecule has 0 radical (unpaired) electrons. The first-order valence-corrected chi connectivity index (χ1v) is 18.9. The Hall–Kier alpha value is -3.06. The van der Waals surface area contributed by atoms with Crippen molar-refractivity contribution in [1.82, 2.24) is 15.1 Å². The molecule has 2 aromatic carbocycles. The van der Waals surface area contributed by atoms with Gasteiger partial charge in [-0.25, -0.2) is 13.2 Å². The van der Waals surface area contributed by atoms with Crippen molar-refractivity contribution in [1.29, 1.82) is 0 Å². The van der Waals surface area contributed by atoms with Crippen molar-refractivity contribution in [3.05, 3.63) is 53.1 Å². The molecule has 1 aliphatic heterocycles. The molecular formula is C35H51ClN4O7S. The lowest BCUT2D eigenvalue weighted by atomic mass is 9.96. The van der Waals surface area contributed by atoms with Crippen LogP contribution in [0.15, 0.2) is 47.4 Å². The first-order valence-electron chi connectivity index (χ1n) is 17.0. The number of hydrogen-bond acceptors (Lipinski definition) is 7. The van der Waals surface area contributed by atoms with Gasteiger partial charge in [0.25, 0.3) is 15.9 Å².